The van der Waals surface area contributed by atoms with Gasteiger partial charge in [0.25, 0.3) is 0 Å². The molecule has 0 unspecified atom stereocenters. The van der Waals surface area contributed by atoms with Crippen molar-refractivity contribution >= 4 is 26.8 Å². The highest BCUT2D eigenvalue weighted by atomic mass is 79.9. The molecule has 1 heterocycles. The highest BCUT2D eigenvalue weighted by Crippen LogP contribution is 2.19. The van der Waals surface area contributed by atoms with Crippen LogP contribution in [0.2, 0.25) is 0 Å². The third-order valence-corrected chi connectivity index (χ3v) is 2.02. The molecule has 3 heteroatoms. The number of nitrogens with zero attached hydrogens (tertiary/aromatic N) is 1. The van der Waals surface area contributed by atoms with Crippen LogP contribution in [0.15, 0.2) is 28.9 Å². The van der Waals surface area contributed by atoms with Crippen molar-refractivity contribution in [3.8, 4) is 0 Å². The van der Waals surface area contributed by atoms with Gasteiger partial charge in [-0.3, -0.25) is 5.10 Å². The lowest BCUT2D eigenvalue weighted by Gasteiger charge is -1.83. The molecule has 1 aromatic carbocycles. The van der Waals surface area contributed by atoms with Gasteiger partial charge in [0.05, 0.1) is 5.52 Å². The minimum atomic E-state index is 0.947. The van der Waals surface area contributed by atoms with Gasteiger partial charge >= 0.3 is 0 Å². The molecule has 2 rings (SSSR count). The van der Waals surface area contributed by atoms with Gasteiger partial charge in [-0.25, -0.2) is 0 Å². The van der Waals surface area contributed by atoms with Crippen molar-refractivity contribution < 1.29 is 0 Å². The first-order valence-corrected chi connectivity index (χ1v) is 4.76. The van der Waals surface area contributed by atoms with Gasteiger partial charge in [0.15, 0.2) is 0 Å². The first kappa shape index (κ1) is 9.26. The average molecular weight is 227 g/mol. The van der Waals surface area contributed by atoms with Crippen LogP contribution in [0.5, 0.6) is 0 Å². The van der Waals surface area contributed by atoms with Gasteiger partial charge in [-0.05, 0) is 22.0 Å². The largest absolute Gasteiger partial charge is 0.270 e. The van der Waals surface area contributed by atoms with Crippen molar-refractivity contribution in [1.82, 2.24) is 10.2 Å². The number of nitrogens with one attached hydrogen (secondary N) is 1. The summed E-state index contributed by atoms with van der Waals surface area (Å²) < 4.78 is 0.947. The second kappa shape index (κ2) is 4.26. The molecule has 2 aromatic rings. The molecule has 0 saturated heterocycles. The molecular formula is C9H11BrN2. The van der Waals surface area contributed by atoms with Crippen LogP contribution in [0.3, 0.4) is 0 Å². The van der Waals surface area contributed by atoms with E-state index in [1.165, 1.54) is 0 Å². The third kappa shape index (κ3) is 1.67. The van der Waals surface area contributed by atoms with Crippen LogP contribution in [-0.2, 0) is 0 Å². The smallest absolute Gasteiger partial charge is 0.108 e. The summed E-state index contributed by atoms with van der Waals surface area (Å²) >= 11 is 3.35. The van der Waals surface area contributed by atoms with E-state index in [4.69, 9.17) is 0 Å². The summed E-state index contributed by atoms with van der Waals surface area (Å²) in [5.74, 6) is 0. The predicted octanol–water partition coefficient (Wildman–Crippen LogP) is 3.35. The number of halogens is 1. The minimum Gasteiger partial charge on any atom is -0.270 e. The molecule has 0 aliphatic rings. The Morgan fingerprint density at radius 2 is 1.92 bits per heavy atom. The summed E-state index contributed by atoms with van der Waals surface area (Å²) in [5, 5.41) is 8.02. The SMILES string of the molecule is Brc1[nH]nc2ccccc12.CC. The Balaban J connectivity index is 0.000000336. The van der Waals surface area contributed by atoms with E-state index in [9.17, 15) is 0 Å². The molecular weight excluding hydrogens is 216 g/mol. The Labute approximate surface area is 80.1 Å². The number of aromatic amines is 1. The number of aromatic nitrogens is 2. The number of hydrogen-bond donors (Lipinski definition) is 1. The molecule has 0 radical (unpaired) electrons. The molecule has 0 aliphatic carbocycles. The van der Waals surface area contributed by atoms with Crippen LogP contribution >= 0.6 is 15.9 Å². The lowest BCUT2D eigenvalue weighted by atomic mass is 10.3. The second-order valence-corrected chi connectivity index (χ2v) is 2.85. The highest BCUT2D eigenvalue weighted by molar-refractivity contribution is 9.10. The summed E-state index contributed by atoms with van der Waals surface area (Å²) in [6.45, 7) is 4.00. The molecule has 0 bridgehead atoms. The summed E-state index contributed by atoms with van der Waals surface area (Å²) in [4.78, 5) is 0. The van der Waals surface area contributed by atoms with Crippen molar-refractivity contribution in [2.75, 3.05) is 0 Å². The van der Waals surface area contributed by atoms with Crippen molar-refractivity contribution in [1.29, 1.82) is 0 Å². The van der Waals surface area contributed by atoms with E-state index in [1.807, 2.05) is 38.1 Å². The maximum Gasteiger partial charge on any atom is 0.108 e. The van der Waals surface area contributed by atoms with Crippen LogP contribution in [-0.4, -0.2) is 10.2 Å². The van der Waals surface area contributed by atoms with Crippen molar-refractivity contribution in [3.63, 3.8) is 0 Å². The molecule has 0 atom stereocenters. The molecule has 1 N–H and O–H groups in total. The predicted molar refractivity (Wildman–Crippen MR) is 55.1 cm³/mol. The maximum absolute atomic E-state index is 4.05. The van der Waals surface area contributed by atoms with E-state index in [-0.39, 0.29) is 0 Å². The van der Waals surface area contributed by atoms with E-state index >= 15 is 0 Å². The van der Waals surface area contributed by atoms with Crippen LogP contribution in [0.4, 0.5) is 0 Å². The molecule has 0 fully saturated rings. The Bertz CT molecular complexity index is 354. The Morgan fingerprint density at radius 3 is 2.58 bits per heavy atom. The molecule has 64 valence electrons. The fraction of sp³-hybridized carbons (Fsp3) is 0.222. The Morgan fingerprint density at radius 1 is 1.25 bits per heavy atom. The first-order chi connectivity index (χ1) is 5.88. The minimum absolute atomic E-state index is 0.947. The summed E-state index contributed by atoms with van der Waals surface area (Å²) in [6, 6.07) is 7.94. The molecule has 0 saturated carbocycles. The summed E-state index contributed by atoms with van der Waals surface area (Å²) in [7, 11) is 0. The summed E-state index contributed by atoms with van der Waals surface area (Å²) in [6.07, 6.45) is 0. The molecule has 0 spiro atoms. The molecule has 1 aromatic heterocycles. The van der Waals surface area contributed by atoms with Crippen LogP contribution in [0, 0.1) is 0 Å². The van der Waals surface area contributed by atoms with E-state index in [1.54, 1.807) is 0 Å². The number of rotatable bonds is 0. The van der Waals surface area contributed by atoms with Gasteiger partial charge in [-0.1, -0.05) is 32.0 Å². The van der Waals surface area contributed by atoms with E-state index in [2.05, 4.69) is 26.1 Å². The van der Waals surface area contributed by atoms with Crippen molar-refractivity contribution in [2.45, 2.75) is 13.8 Å². The fourth-order valence-corrected chi connectivity index (χ4v) is 1.35. The van der Waals surface area contributed by atoms with Crippen molar-refractivity contribution in [3.05, 3.63) is 28.9 Å². The average Bonchev–Trinajstić information content (AvgIpc) is 2.53. The summed E-state index contributed by atoms with van der Waals surface area (Å²) in [5.41, 5.74) is 0.995. The zero-order chi connectivity index (χ0) is 8.97. The molecule has 2 nitrogen and oxygen atoms in total. The first-order valence-electron chi connectivity index (χ1n) is 3.96. The van der Waals surface area contributed by atoms with Gasteiger partial charge in [-0.2, -0.15) is 5.10 Å². The number of fused-ring (bicyclic) bond motifs is 1. The lowest BCUT2D eigenvalue weighted by Crippen LogP contribution is -1.63. The maximum atomic E-state index is 4.05. The van der Waals surface area contributed by atoms with E-state index < -0.39 is 0 Å². The topological polar surface area (TPSA) is 28.7 Å². The van der Waals surface area contributed by atoms with Gasteiger partial charge < -0.3 is 0 Å². The van der Waals surface area contributed by atoms with Gasteiger partial charge in [0.1, 0.15) is 4.60 Å². The number of hydrogen-bond acceptors (Lipinski definition) is 1. The Hall–Kier alpha value is -0.830. The third-order valence-electron chi connectivity index (χ3n) is 1.42. The van der Waals surface area contributed by atoms with E-state index in [0.29, 0.717) is 0 Å². The zero-order valence-corrected chi connectivity index (χ0v) is 8.72. The second-order valence-electron chi connectivity index (χ2n) is 2.05. The standard InChI is InChI=1S/C7H5BrN2.C2H6/c8-7-5-3-1-2-4-6(5)9-10-7;1-2/h1-4H,(H,9,10);1-2H3. The van der Waals surface area contributed by atoms with Gasteiger partial charge in [-0.15, -0.1) is 0 Å². The monoisotopic (exact) mass is 226 g/mol. The van der Waals surface area contributed by atoms with Crippen molar-refractivity contribution in [2.24, 2.45) is 0 Å². The van der Waals surface area contributed by atoms with Crippen LogP contribution in [0.25, 0.3) is 10.9 Å². The molecule has 0 amide bonds. The fourth-order valence-electron chi connectivity index (χ4n) is 0.926. The number of benzene rings is 1. The van der Waals surface area contributed by atoms with Gasteiger partial charge in [0.2, 0.25) is 0 Å². The Kier molecular flexibility index (Phi) is 3.29. The normalized spacial score (nSPS) is 9.25. The number of para-hydroxylation sites is 1. The quantitative estimate of drug-likeness (QED) is 0.734. The van der Waals surface area contributed by atoms with Gasteiger partial charge in [0, 0.05) is 5.39 Å². The lowest BCUT2D eigenvalue weighted by molar-refractivity contribution is 1.10. The van der Waals surface area contributed by atoms with Crippen LogP contribution in [0.1, 0.15) is 13.8 Å². The van der Waals surface area contributed by atoms with E-state index in [0.717, 1.165) is 15.5 Å². The molecule has 12 heavy (non-hydrogen) atoms. The molecule has 0 aliphatic heterocycles. The van der Waals surface area contributed by atoms with Crippen LogP contribution < -0.4 is 0 Å². The zero-order valence-electron chi connectivity index (χ0n) is 7.13. The highest BCUT2D eigenvalue weighted by Gasteiger charge is 1.97. The number of H-pyrrole nitrogens is 1.